The highest BCUT2D eigenvalue weighted by Crippen LogP contribution is 2.33. The minimum atomic E-state index is -4.48. The number of imidazole rings is 1. The fourth-order valence-corrected chi connectivity index (χ4v) is 1.63. The molecule has 0 spiro atoms. The van der Waals surface area contributed by atoms with Gasteiger partial charge in [-0.15, -0.1) is 0 Å². The van der Waals surface area contributed by atoms with Crippen molar-refractivity contribution in [3.05, 3.63) is 35.8 Å². The molecule has 96 valence electrons. The number of aromatic amines is 1. The summed E-state index contributed by atoms with van der Waals surface area (Å²) in [6.45, 7) is 1.85. The van der Waals surface area contributed by atoms with Gasteiger partial charge in [-0.05, 0) is 19.1 Å². The second-order valence-corrected chi connectivity index (χ2v) is 3.85. The molecule has 0 aliphatic heterocycles. The molecule has 1 aromatic carbocycles. The Balaban J connectivity index is 2.49. The molecule has 3 nitrogen and oxygen atoms in total. The fourth-order valence-electron chi connectivity index (χ4n) is 1.63. The van der Waals surface area contributed by atoms with Crippen molar-refractivity contribution in [2.24, 2.45) is 0 Å². The molecular weight excluding hydrogens is 245 g/mol. The van der Waals surface area contributed by atoms with Crippen LogP contribution in [0.1, 0.15) is 11.4 Å². The van der Waals surface area contributed by atoms with E-state index in [2.05, 4.69) is 9.97 Å². The molecule has 0 saturated carbocycles. The van der Waals surface area contributed by atoms with Gasteiger partial charge in [0.2, 0.25) is 5.82 Å². The van der Waals surface area contributed by atoms with Crippen LogP contribution in [-0.4, -0.2) is 17.1 Å². The maximum absolute atomic E-state index is 12.5. The number of aromatic nitrogens is 2. The van der Waals surface area contributed by atoms with Crippen LogP contribution < -0.4 is 4.74 Å². The Morgan fingerprint density at radius 1 is 1.28 bits per heavy atom. The lowest BCUT2D eigenvalue weighted by Crippen LogP contribution is -2.07. The third-order valence-electron chi connectivity index (χ3n) is 2.49. The SMILES string of the molecule is COc1ccc(C)cc1-c1cnc(C(F)(F)F)[nH]1. The lowest BCUT2D eigenvalue weighted by atomic mass is 10.1. The highest BCUT2D eigenvalue weighted by Gasteiger charge is 2.34. The van der Waals surface area contributed by atoms with Crippen LogP contribution in [0, 0.1) is 6.92 Å². The average Bonchev–Trinajstić information content (AvgIpc) is 2.77. The fraction of sp³-hybridized carbons (Fsp3) is 0.250. The first kappa shape index (κ1) is 12.5. The van der Waals surface area contributed by atoms with E-state index in [9.17, 15) is 13.2 Å². The van der Waals surface area contributed by atoms with Crippen LogP contribution in [-0.2, 0) is 6.18 Å². The van der Waals surface area contributed by atoms with E-state index in [0.29, 0.717) is 11.3 Å². The van der Waals surface area contributed by atoms with Crippen molar-refractivity contribution in [3.63, 3.8) is 0 Å². The van der Waals surface area contributed by atoms with E-state index in [1.54, 1.807) is 12.1 Å². The summed E-state index contributed by atoms with van der Waals surface area (Å²) in [5.74, 6) is -0.515. The molecule has 0 fully saturated rings. The molecule has 0 amide bonds. The number of nitrogens with zero attached hydrogens (tertiary/aromatic N) is 1. The zero-order valence-electron chi connectivity index (χ0n) is 9.80. The lowest BCUT2D eigenvalue weighted by molar-refractivity contribution is -0.144. The summed E-state index contributed by atoms with van der Waals surface area (Å²) >= 11 is 0. The number of H-pyrrole nitrogens is 1. The van der Waals surface area contributed by atoms with Crippen LogP contribution in [0.25, 0.3) is 11.3 Å². The highest BCUT2D eigenvalue weighted by molar-refractivity contribution is 5.67. The summed E-state index contributed by atoms with van der Waals surface area (Å²) in [6.07, 6.45) is -3.32. The number of halogens is 3. The minimum absolute atomic E-state index is 0.280. The van der Waals surface area contributed by atoms with Gasteiger partial charge < -0.3 is 9.72 Å². The van der Waals surface area contributed by atoms with Gasteiger partial charge in [-0.1, -0.05) is 11.6 Å². The summed E-state index contributed by atoms with van der Waals surface area (Å²) in [4.78, 5) is 5.59. The average molecular weight is 256 g/mol. The van der Waals surface area contributed by atoms with Gasteiger partial charge in [-0.3, -0.25) is 0 Å². The molecule has 1 aromatic heterocycles. The topological polar surface area (TPSA) is 37.9 Å². The predicted octanol–water partition coefficient (Wildman–Crippen LogP) is 3.41. The molecule has 0 aliphatic rings. The van der Waals surface area contributed by atoms with Gasteiger partial charge in [0.15, 0.2) is 0 Å². The number of methoxy groups -OCH3 is 1. The summed E-state index contributed by atoms with van der Waals surface area (Å²) in [5, 5.41) is 0. The highest BCUT2D eigenvalue weighted by atomic mass is 19.4. The zero-order chi connectivity index (χ0) is 13.3. The van der Waals surface area contributed by atoms with Gasteiger partial charge in [-0.25, -0.2) is 4.98 Å². The van der Waals surface area contributed by atoms with Crippen molar-refractivity contribution in [1.82, 2.24) is 9.97 Å². The second-order valence-electron chi connectivity index (χ2n) is 3.85. The van der Waals surface area contributed by atoms with Crippen LogP contribution in [0.5, 0.6) is 5.75 Å². The first-order valence-electron chi connectivity index (χ1n) is 5.19. The zero-order valence-corrected chi connectivity index (χ0v) is 9.80. The number of alkyl halides is 3. The maximum Gasteiger partial charge on any atom is 0.449 e. The number of hydrogen-bond acceptors (Lipinski definition) is 2. The number of rotatable bonds is 2. The number of benzene rings is 1. The minimum Gasteiger partial charge on any atom is -0.496 e. The molecule has 0 atom stereocenters. The molecule has 0 bridgehead atoms. The lowest BCUT2D eigenvalue weighted by Gasteiger charge is -2.07. The summed E-state index contributed by atoms with van der Waals surface area (Å²) in [7, 11) is 1.47. The van der Waals surface area contributed by atoms with Gasteiger partial charge in [0.25, 0.3) is 0 Å². The van der Waals surface area contributed by atoms with Gasteiger partial charge in [-0.2, -0.15) is 13.2 Å². The van der Waals surface area contributed by atoms with Crippen molar-refractivity contribution in [1.29, 1.82) is 0 Å². The molecule has 0 saturated heterocycles. The molecule has 6 heteroatoms. The largest absolute Gasteiger partial charge is 0.496 e. The summed E-state index contributed by atoms with van der Waals surface area (Å²) in [6, 6.07) is 5.27. The molecule has 0 unspecified atom stereocenters. The van der Waals surface area contributed by atoms with E-state index in [1.165, 1.54) is 7.11 Å². The van der Waals surface area contributed by atoms with Crippen molar-refractivity contribution in [2.75, 3.05) is 7.11 Å². The molecule has 1 N–H and O–H groups in total. The number of aryl methyl sites for hydroxylation is 1. The van der Waals surface area contributed by atoms with E-state index >= 15 is 0 Å². The maximum atomic E-state index is 12.5. The monoisotopic (exact) mass is 256 g/mol. The number of hydrogen-bond donors (Lipinski definition) is 1. The van der Waals surface area contributed by atoms with Crippen LogP contribution in [0.2, 0.25) is 0 Å². The standard InChI is InChI=1S/C12H11F3N2O/c1-7-3-4-10(18-2)8(5-7)9-6-16-11(17-9)12(13,14)15/h3-6H,1-2H3,(H,16,17). The molecule has 2 rings (SSSR count). The first-order valence-corrected chi connectivity index (χ1v) is 5.19. The molecule has 18 heavy (non-hydrogen) atoms. The van der Waals surface area contributed by atoms with Crippen LogP contribution in [0.4, 0.5) is 13.2 Å². The van der Waals surface area contributed by atoms with Crippen LogP contribution in [0.3, 0.4) is 0 Å². The Morgan fingerprint density at radius 2 is 2.00 bits per heavy atom. The Hall–Kier alpha value is -1.98. The van der Waals surface area contributed by atoms with Crippen LogP contribution in [0.15, 0.2) is 24.4 Å². The summed E-state index contributed by atoms with van der Waals surface area (Å²) in [5.41, 5.74) is 1.76. The number of ether oxygens (including phenoxy) is 1. The van der Waals surface area contributed by atoms with Gasteiger partial charge >= 0.3 is 6.18 Å². The van der Waals surface area contributed by atoms with Crippen molar-refractivity contribution >= 4 is 0 Å². The quantitative estimate of drug-likeness (QED) is 0.894. The number of nitrogens with one attached hydrogen (secondary N) is 1. The second kappa shape index (κ2) is 4.36. The molecule has 0 radical (unpaired) electrons. The van der Waals surface area contributed by atoms with Crippen molar-refractivity contribution in [2.45, 2.75) is 13.1 Å². The third kappa shape index (κ3) is 2.32. The van der Waals surface area contributed by atoms with E-state index in [4.69, 9.17) is 4.74 Å². The third-order valence-corrected chi connectivity index (χ3v) is 2.49. The van der Waals surface area contributed by atoms with Crippen molar-refractivity contribution < 1.29 is 17.9 Å². The van der Waals surface area contributed by atoms with E-state index < -0.39 is 12.0 Å². The van der Waals surface area contributed by atoms with Gasteiger partial charge in [0, 0.05) is 5.56 Å². The first-order chi connectivity index (χ1) is 8.41. The van der Waals surface area contributed by atoms with Crippen molar-refractivity contribution in [3.8, 4) is 17.0 Å². The van der Waals surface area contributed by atoms with Gasteiger partial charge in [0.1, 0.15) is 5.75 Å². The Labute approximate surface area is 102 Å². The molecule has 1 heterocycles. The van der Waals surface area contributed by atoms with E-state index in [0.717, 1.165) is 11.8 Å². The Bertz CT molecular complexity index is 561. The smallest absolute Gasteiger partial charge is 0.449 e. The predicted molar refractivity (Wildman–Crippen MR) is 60.3 cm³/mol. The van der Waals surface area contributed by atoms with E-state index in [1.807, 2.05) is 13.0 Å². The Morgan fingerprint density at radius 3 is 2.56 bits per heavy atom. The van der Waals surface area contributed by atoms with Gasteiger partial charge in [0.05, 0.1) is 19.0 Å². The molecule has 0 aliphatic carbocycles. The van der Waals surface area contributed by atoms with E-state index in [-0.39, 0.29) is 5.69 Å². The normalized spacial score (nSPS) is 11.6. The summed E-state index contributed by atoms with van der Waals surface area (Å²) < 4.78 is 42.5. The van der Waals surface area contributed by atoms with Crippen LogP contribution >= 0.6 is 0 Å². The molecular formula is C12H11F3N2O. The molecule has 2 aromatic rings. The Kier molecular flexibility index (Phi) is 3.02.